The van der Waals surface area contributed by atoms with Crippen LogP contribution >= 0.6 is 0 Å². The Hall–Kier alpha value is -2.67. The van der Waals surface area contributed by atoms with Crippen molar-refractivity contribution in [3.63, 3.8) is 0 Å². The van der Waals surface area contributed by atoms with Gasteiger partial charge in [0.05, 0.1) is 5.92 Å². The Morgan fingerprint density at radius 3 is 2.61 bits per heavy atom. The maximum atomic E-state index is 12.9. The summed E-state index contributed by atoms with van der Waals surface area (Å²) in [6.45, 7) is 6.25. The van der Waals surface area contributed by atoms with Gasteiger partial charge in [-0.15, -0.1) is 0 Å². The molecule has 0 saturated carbocycles. The lowest BCUT2D eigenvalue weighted by Crippen LogP contribution is -2.64. The van der Waals surface area contributed by atoms with Crippen molar-refractivity contribution < 1.29 is 9.59 Å². The molecule has 3 heterocycles. The summed E-state index contributed by atoms with van der Waals surface area (Å²) < 4.78 is 1.72. The molecule has 2 aliphatic rings. The van der Waals surface area contributed by atoms with Crippen LogP contribution in [0.2, 0.25) is 0 Å². The predicted octanol–water partition coefficient (Wildman–Crippen LogP) is 1.22. The van der Waals surface area contributed by atoms with Gasteiger partial charge in [0.1, 0.15) is 5.69 Å². The smallest absolute Gasteiger partial charge is 0.272 e. The molecule has 0 aliphatic carbocycles. The number of rotatable bonds is 5. The summed E-state index contributed by atoms with van der Waals surface area (Å²) in [6, 6.07) is 12.1. The number of carbonyl (C=O) groups excluding carboxylic acids is 2. The van der Waals surface area contributed by atoms with Gasteiger partial charge in [0.25, 0.3) is 5.91 Å². The number of nitrogens with zero attached hydrogens (tertiary/aromatic N) is 4. The zero-order valence-electron chi connectivity index (χ0n) is 16.5. The van der Waals surface area contributed by atoms with Crippen LogP contribution in [0.1, 0.15) is 23.0 Å². The molecule has 4 rings (SSSR count). The number of likely N-dealkylation sites (tertiary alicyclic amines) is 2. The first-order valence-electron chi connectivity index (χ1n) is 9.85. The Balaban J connectivity index is 1.48. The van der Waals surface area contributed by atoms with Crippen LogP contribution in [0.25, 0.3) is 0 Å². The molecule has 1 aromatic carbocycles. The van der Waals surface area contributed by atoms with E-state index in [0.717, 1.165) is 19.6 Å². The maximum Gasteiger partial charge on any atom is 0.272 e. The van der Waals surface area contributed by atoms with Crippen LogP contribution in [0.3, 0.4) is 0 Å². The minimum Gasteiger partial charge on any atom is -0.359 e. The van der Waals surface area contributed by atoms with Crippen LogP contribution in [0.15, 0.2) is 42.6 Å². The Morgan fingerprint density at radius 1 is 1.18 bits per heavy atom. The molecule has 1 aromatic heterocycles. The molecule has 2 saturated heterocycles. The van der Waals surface area contributed by atoms with Gasteiger partial charge in [0, 0.05) is 57.9 Å². The average Bonchev–Trinajstić information content (AvgIpc) is 3.31. The zero-order valence-corrected chi connectivity index (χ0v) is 16.5. The third kappa shape index (κ3) is 3.20. The van der Waals surface area contributed by atoms with Gasteiger partial charge in [-0.2, -0.15) is 5.10 Å². The normalized spacial score (nSPS) is 20.9. The summed E-state index contributed by atoms with van der Waals surface area (Å²) in [5.74, 6) is -0.0234. The SMILES string of the molecule is CCn1nccc1C(=O)N1CC2(CN(Cc3ccccc3)CC2C(=O)NC)C1. The van der Waals surface area contributed by atoms with Crippen LogP contribution in [-0.2, 0) is 17.9 Å². The lowest BCUT2D eigenvalue weighted by atomic mass is 9.71. The number of hydrogen-bond acceptors (Lipinski definition) is 4. The average molecular weight is 381 g/mol. The van der Waals surface area contributed by atoms with Gasteiger partial charge in [-0.3, -0.25) is 19.2 Å². The van der Waals surface area contributed by atoms with Crippen molar-refractivity contribution in [3.8, 4) is 0 Å². The molecule has 28 heavy (non-hydrogen) atoms. The van der Waals surface area contributed by atoms with Gasteiger partial charge in [-0.1, -0.05) is 30.3 Å². The van der Waals surface area contributed by atoms with E-state index in [9.17, 15) is 9.59 Å². The van der Waals surface area contributed by atoms with Crippen molar-refractivity contribution in [3.05, 3.63) is 53.9 Å². The van der Waals surface area contributed by atoms with Crippen molar-refractivity contribution in [2.45, 2.75) is 20.0 Å². The first kappa shape index (κ1) is 18.7. The fourth-order valence-electron chi connectivity index (χ4n) is 4.68. The molecule has 148 valence electrons. The van der Waals surface area contributed by atoms with E-state index in [1.165, 1.54) is 5.56 Å². The van der Waals surface area contributed by atoms with E-state index in [2.05, 4.69) is 27.4 Å². The first-order chi connectivity index (χ1) is 13.6. The first-order valence-corrected chi connectivity index (χ1v) is 9.85. The second-order valence-electron chi connectivity index (χ2n) is 7.88. The number of aromatic nitrogens is 2. The standard InChI is InChI=1S/C21H27N5O2/c1-3-26-18(9-10-23-26)20(28)25-14-21(15-25)13-24(12-17(21)19(27)22-2)11-16-7-5-4-6-8-16/h4-10,17H,3,11-15H2,1-2H3,(H,22,27). The van der Waals surface area contributed by atoms with Crippen molar-refractivity contribution in [2.75, 3.05) is 33.2 Å². The van der Waals surface area contributed by atoms with Crippen molar-refractivity contribution in [1.82, 2.24) is 24.9 Å². The molecular weight excluding hydrogens is 354 g/mol. The Bertz CT molecular complexity index is 857. The monoisotopic (exact) mass is 381 g/mol. The largest absolute Gasteiger partial charge is 0.359 e. The Kier molecular flexibility index (Phi) is 4.93. The molecule has 1 atom stereocenters. The highest BCUT2D eigenvalue weighted by molar-refractivity contribution is 5.93. The summed E-state index contributed by atoms with van der Waals surface area (Å²) >= 11 is 0. The van der Waals surface area contributed by atoms with E-state index >= 15 is 0 Å². The summed E-state index contributed by atoms with van der Waals surface area (Å²) in [6.07, 6.45) is 1.66. The van der Waals surface area contributed by atoms with Gasteiger partial charge < -0.3 is 10.2 Å². The molecular formula is C21H27N5O2. The summed E-state index contributed by atoms with van der Waals surface area (Å²) in [7, 11) is 1.69. The molecule has 2 aromatic rings. The summed E-state index contributed by atoms with van der Waals surface area (Å²) in [5.41, 5.74) is 1.70. The fourth-order valence-corrected chi connectivity index (χ4v) is 4.68. The van der Waals surface area contributed by atoms with Crippen molar-refractivity contribution in [1.29, 1.82) is 0 Å². The van der Waals surface area contributed by atoms with Gasteiger partial charge >= 0.3 is 0 Å². The van der Waals surface area contributed by atoms with E-state index in [4.69, 9.17) is 0 Å². The van der Waals surface area contributed by atoms with Gasteiger partial charge in [0.2, 0.25) is 5.91 Å². The maximum absolute atomic E-state index is 12.9. The van der Waals surface area contributed by atoms with Crippen LogP contribution in [0, 0.1) is 11.3 Å². The van der Waals surface area contributed by atoms with E-state index in [1.807, 2.05) is 30.0 Å². The Morgan fingerprint density at radius 2 is 1.93 bits per heavy atom. The molecule has 1 N–H and O–H groups in total. The number of carbonyl (C=O) groups is 2. The molecule has 0 radical (unpaired) electrons. The van der Waals surface area contributed by atoms with Crippen LogP contribution in [-0.4, -0.2) is 64.6 Å². The molecule has 2 amide bonds. The second-order valence-corrected chi connectivity index (χ2v) is 7.88. The van der Waals surface area contributed by atoms with Gasteiger partial charge in [0.15, 0.2) is 0 Å². The van der Waals surface area contributed by atoms with Crippen LogP contribution in [0.5, 0.6) is 0 Å². The van der Waals surface area contributed by atoms with Crippen molar-refractivity contribution >= 4 is 11.8 Å². The van der Waals surface area contributed by atoms with Crippen molar-refractivity contribution in [2.24, 2.45) is 11.3 Å². The molecule has 2 fully saturated rings. The molecule has 1 spiro atoms. The highest BCUT2D eigenvalue weighted by Crippen LogP contribution is 2.45. The third-order valence-electron chi connectivity index (χ3n) is 6.06. The minimum absolute atomic E-state index is 0.00198. The molecule has 7 nitrogen and oxygen atoms in total. The highest BCUT2D eigenvalue weighted by Gasteiger charge is 2.57. The summed E-state index contributed by atoms with van der Waals surface area (Å²) in [5, 5.41) is 7.02. The zero-order chi connectivity index (χ0) is 19.7. The second kappa shape index (κ2) is 7.39. The predicted molar refractivity (Wildman–Crippen MR) is 106 cm³/mol. The van der Waals surface area contributed by atoms with Crippen LogP contribution in [0.4, 0.5) is 0 Å². The van der Waals surface area contributed by atoms with Crippen LogP contribution < -0.4 is 5.32 Å². The quantitative estimate of drug-likeness (QED) is 0.846. The van der Waals surface area contributed by atoms with E-state index in [1.54, 1.807) is 24.0 Å². The highest BCUT2D eigenvalue weighted by atomic mass is 16.2. The van der Waals surface area contributed by atoms with E-state index < -0.39 is 0 Å². The molecule has 0 bridgehead atoms. The summed E-state index contributed by atoms with van der Waals surface area (Å²) in [4.78, 5) is 29.6. The number of amides is 2. The number of aryl methyl sites for hydroxylation is 1. The Labute approximate surface area is 165 Å². The fraction of sp³-hybridized carbons (Fsp3) is 0.476. The lowest BCUT2D eigenvalue weighted by Gasteiger charge is -2.50. The molecule has 2 aliphatic heterocycles. The molecule has 7 heteroatoms. The topological polar surface area (TPSA) is 70.5 Å². The number of hydrogen-bond donors (Lipinski definition) is 1. The van der Waals surface area contributed by atoms with E-state index in [-0.39, 0.29) is 23.1 Å². The lowest BCUT2D eigenvalue weighted by molar-refractivity contribution is -0.130. The van der Waals surface area contributed by atoms with E-state index in [0.29, 0.717) is 25.3 Å². The number of benzene rings is 1. The number of nitrogens with one attached hydrogen (secondary N) is 1. The third-order valence-corrected chi connectivity index (χ3v) is 6.06. The minimum atomic E-state index is -0.165. The van der Waals surface area contributed by atoms with Gasteiger partial charge in [-0.25, -0.2) is 0 Å². The molecule has 1 unspecified atom stereocenters. The van der Waals surface area contributed by atoms with Gasteiger partial charge in [-0.05, 0) is 18.6 Å².